The van der Waals surface area contributed by atoms with Crippen LogP contribution in [-0.2, 0) is 6.61 Å². The Labute approximate surface area is 170 Å². The van der Waals surface area contributed by atoms with Gasteiger partial charge in [-0.2, -0.15) is 10.5 Å². The van der Waals surface area contributed by atoms with Crippen LogP contribution in [0.2, 0.25) is 10.0 Å². The number of hydrogen-bond acceptors (Lipinski definition) is 5. The second-order valence-corrected chi connectivity index (χ2v) is 6.62. The van der Waals surface area contributed by atoms with Crippen LogP contribution in [0.1, 0.15) is 16.7 Å². The number of ether oxygens (including phenoxy) is 1. The van der Waals surface area contributed by atoms with E-state index in [4.69, 9.17) is 33.7 Å². The van der Waals surface area contributed by atoms with Gasteiger partial charge in [-0.3, -0.25) is 4.79 Å². The zero-order valence-electron chi connectivity index (χ0n) is 14.3. The van der Waals surface area contributed by atoms with E-state index in [1.807, 2.05) is 24.3 Å². The van der Waals surface area contributed by atoms with Gasteiger partial charge in [0.25, 0.3) is 5.56 Å². The summed E-state index contributed by atoms with van der Waals surface area (Å²) in [6, 6.07) is 15.7. The maximum absolute atomic E-state index is 12.0. The summed E-state index contributed by atoms with van der Waals surface area (Å²) in [6.45, 7) is 0.279. The summed E-state index contributed by atoms with van der Waals surface area (Å²) in [5.74, 6) is 0.302. The molecule has 0 fully saturated rings. The first-order valence-electron chi connectivity index (χ1n) is 7.97. The van der Waals surface area contributed by atoms with Crippen molar-refractivity contribution in [3.05, 3.63) is 79.6 Å². The maximum atomic E-state index is 12.0. The Bertz CT molecular complexity index is 1190. The maximum Gasteiger partial charge on any atom is 0.268 e. The molecule has 0 bridgehead atoms. The highest BCUT2D eigenvalue weighted by atomic mass is 35.5. The number of rotatable bonds is 4. The zero-order chi connectivity index (χ0) is 20.3. The van der Waals surface area contributed by atoms with Crippen molar-refractivity contribution >= 4 is 29.0 Å². The molecule has 3 N–H and O–H groups in total. The summed E-state index contributed by atoms with van der Waals surface area (Å²) in [5, 5.41) is 19.6. The minimum atomic E-state index is -0.673. The van der Waals surface area contributed by atoms with Gasteiger partial charge in [-0.15, -0.1) is 0 Å². The summed E-state index contributed by atoms with van der Waals surface area (Å²) < 4.78 is 5.72. The van der Waals surface area contributed by atoms with Gasteiger partial charge < -0.3 is 15.5 Å². The summed E-state index contributed by atoms with van der Waals surface area (Å²) >= 11 is 12.2. The molecular weight excluding hydrogens is 399 g/mol. The number of hydrogen-bond donors (Lipinski definition) is 2. The normalized spacial score (nSPS) is 10.1. The number of halogens is 2. The van der Waals surface area contributed by atoms with Crippen molar-refractivity contribution in [1.82, 2.24) is 4.98 Å². The van der Waals surface area contributed by atoms with E-state index < -0.39 is 5.56 Å². The lowest BCUT2D eigenvalue weighted by atomic mass is 9.96. The number of anilines is 1. The molecule has 1 heterocycles. The SMILES string of the molecule is N#Cc1c(N)[nH]c(=O)c(C#N)c1-c1ccc(OCc2ccc(Cl)cc2)c(Cl)c1. The van der Waals surface area contributed by atoms with Gasteiger partial charge in [0.05, 0.1) is 5.02 Å². The van der Waals surface area contributed by atoms with Crippen molar-refractivity contribution in [1.29, 1.82) is 10.5 Å². The Kier molecular flexibility index (Phi) is 5.56. The van der Waals surface area contributed by atoms with E-state index in [9.17, 15) is 15.3 Å². The monoisotopic (exact) mass is 410 g/mol. The van der Waals surface area contributed by atoms with Crippen LogP contribution in [0.15, 0.2) is 47.3 Å². The molecule has 138 valence electrons. The summed E-state index contributed by atoms with van der Waals surface area (Å²) in [6.07, 6.45) is 0. The Morgan fingerprint density at radius 3 is 2.32 bits per heavy atom. The molecule has 0 aliphatic heterocycles. The molecule has 0 saturated carbocycles. The van der Waals surface area contributed by atoms with Crippen LogP contribution in [0.4, 0.5) is 5.82 Å². The molecule has 0 radical (unpaired) electrons. The number of H-pyrrole nitrogens is 1. The highest BCUT2D eigenvalue weighted by molar-refractivity contribution is 6.32. The largest absolute Gasteiger partial charge is 0.487 e. The number of nitrogens with zero attached hydrogens (tertiary/aromatic N) is 2. The van der Waals surface area contributed by atoms with E-state index in [0.29, 0.717) is 16.3 Å². The van der Waals surface area contributed by atoms with E-state index in [1.165, 1.54) is 6.07 Å². The van der Waals surface area contributed by atoms with E-state index in [1.54, 1.807) is 24.3 Å². The van der Waals surface area contributed by atoms with Gasteiger partial charge in [0, 0.05) is 10.6 Å². The number of nitriles is 2. The predicted molar refractivity (Wildman–Crippen MR) is 107 cm³/mol. The van der Waals surface area contributed by atoms with Crippen molar-refractivity contribution in [3.63, 3.8) is 0 Å². The summed E-state index contributed by atoms with van der Waals surface area (Å²) in [5.41, 5.74) is 6.30. The second kappa shape index (κ2) is 8.06. The van der Waals surface area contributed by atoms with Crippen molar-refractivity contribution in [3.8, 4) is 29.0 Å². The number of aromatic amines is 1. The highest BCUT2D eigenvalue weighted by Gasteiger charge is 2.19. The molecule has 0 amide bonds. The average molecular weight is 411 g/mol. The first kappa shape index (κ1) is 19.3. The van der Waals surface area contributed by atoms with E-state index >= 15 is 0 Å². The molecule has 1 aromatic heterocycles. The molecular formula is C20H12Cl2N4O2. The average Bonchev–Trinajstić information content (AvgIpc) is 2.68. The number of nitrogen functional groups attached to an aromatic ring is 1. The van der Waals surface area contributed by atoms with E-state index in [2.05, 4.69) is 4.98 Å². The first-order valence-corrected chi connectivity index (χ1v) is 8.73. The molecule has 0 aliphatic carbocycles. The van der Waals surface area contributed by atoms with Gasteiger partial charge in [-0.1, -0.05) is 41.4 Å². The lowest BCUT2D eigenvalue weighted by Gasteiger charge is -2.12. The van der Waals surface area contributed by atoms with Gasteiger partial charge in [0.1, 0.15) is 41.4 Å². The topological polar surface area (TPSA) is 116 Å². The van der Waals surface area contributed by atoms with Gasteiger partial charge in [0.15, 0.2) is 0 Å². The molecule has 3 aromatic rings. The third-order valence-corrected chi connectivity index (χ3v) is 4.54. The van der Waals surface area contributed by atoms with E-state index in [-0.39, 0.29) is 34.1 Å². The van der Waals surface area contributed by atoms with Crippen molar-refractivity contribution in [2.45, 2.75) is 6.61 Å². The highest BCUT2D eigenvalue weighted by Crippen LogP contribution is 2.34. The fourth-order valence-electron chi connectivity index (χ4n) is 2.65. The third-order valence-electron chi connectivity index (χ3n) is 4.00. The molecule has 0 atom stereocenters. The molecule has 28 heavy (non-hydrogen) atoms. The Morgan fingerprint density at radius 1 is 1.04 bits per heavy atom. The van der Waals surface area contributed by atoms with Gasteiger partial charge in [-0.25, -0.2) is 0 Å². The van der Waals surface area contributed by atoms with Gasteiger partial charge in [-0.05, 0) is 35.4 Å². The number of nitrogens with one attached hydrogen (secondary N) is 1. The molecule has 0 aliphatic rings. The molecule has 0 unspecified atom stereocenters. The Morgan fingerprint density at radius 2 is 1.71 bits per heavy atom. The van der Waals surface area contributed by atoms with Crippen LogP contribution in [0.3, 0.4) is 0 Å². The van der Waals surface area contributed by atoms with Crippen LogP contribution < -0.4 is 16.0 Å². The first-order chi connectivity index (χ1) is 13.4. The van der Waals surface area contributed by atoms with Crippen LogP contribution in [0, 0.1) is 22.7 Å². The standard InChI is InChI=1S/C20H12Cl2N4O2/c21-13-4-1-11(2-5-13)10-28-17-6-3-12(7-16(17)22)18-14(8-23)19(25)26-20(27)15(18)9-24/h1-7H,10H2,(H3,25,26,27). The molecule has 3 rings (SSSR count). The number of benzene rings is 2. The fraction of sp³-hybridized carbons (Fsp3) is 0.0500. The third kappa shape index (κ3) is 3.79. The van der Waals surface area contributed by atoms with Crippen molar-refractivity contribution in [2.24, 2.45) is 0 Å². The van der Waals surface area contributed by atoms with Crippen molar-refractivity contribution in [2.75, 3.05) is 5.73 Å². The lowest BCUT2D eigenvalue weighted by molar-refractivity contribution is 0.306. The minimum absolute atomic E-state index is 0.00190. The summed E-state index contributed by atoms with van der Waals surface area (Å²) in [7, 11) is 0. The van der Waals surface area contributed by atoms with Gasteiger partial charge >= 0.3 is 0 Å². The molecule has 2 aromatic carbocycles. The number of pyridine rings is 1. The quantitative estimate of drug-likeness (QED) is 0.666. The fourth-order valence-corrected chi connectivity index (χ4v) is 3.01. The summed E-state index contributed by atoms with van der Waals surface area (Å²) in [4.78, 5) is 14.3. The Hall–Kier alpha value is -3.45. The zero-order valence-corrected chi connectivity index (χ0v) is 15.8. The predicted octanol–water partition coefficient (Wildman–Crippen LogP) is 4.25. The lowest BCUT2D eigenvalue weighted by Crippen LogP contribution is -2.16. The molecule has 8 heteroatoms. The Balaban J connectivity index is 1.97. The van der Waals surface area contributed by atoms with Crippen molar-refractivity contribution < 1.29 is 4.74 Å². The van der Waals surface area contributed by atoms with Gasteiger partial charge in [0.2, 0.25) is 0 Å². The minimum Gasteiger partial charge on any atom is -0.487 e. The van der Waals surface area contributed by atoms with Crippen LogP contribution in [0.5, 0.6) is 5.75 Å². The smallest absolute Gasteiger partial charge is 0.268 e. The molecule has 0 saturated heterocycles. The van der Waals surface area contributed by atoms with E-state index in [0.717, 1.165) is 5.56 Å². The van der Waals surface area contributed by atoms with Crippen LogP contribution in [-0.4, -0.2) is 4.98 Å². The van der Waals surface area contributed by atoms with Crippen LogP contribution in [0.25, 0.3) is 11.1 Å². The molecule has 6 nitrogen and oxygen atoms in total. The number of aromatic nitrogens is 1. The van der Waals surface area contributed by atoms with Crippen LogP contribution >= 0.6 is 23.2 Å². The molecule has 0 spiro atoms. The number of nitrogens with two attached hydrogens (primary N) is 1. The second-order valence-electron chi connectivity index (χ2n) is 5.78.